The number of carbonyl (C=O) groups is 3. The van der Waals surface area contributed by atoms with E-state index in [2.05, 4.69) is 35.6 Å². The van der Waals surface area contributed by atoms with Crippen LogP contribution in [-0.2, 0) is 16.6 Å². The number of aromatic amines is 1. The lowest BCUT2D eigenvalue weighted by Crippen LogP contribution is -2.31. The van der Waals surface area contributed by atoms with Gasteiger partial charge >= 0.3 is 6.09 Å². The molecule has 0 spiro atoms. The van der Waals surface area contributed by atoms with E-state index in [4.69, 9.17) is 0 Å². The molecule has 0 aliphatic carbocycles. The first-order valence-corrected chi connectivity index (χ1v) is 12.3. The van der Waals surface area contributed by atoms with E-state index in [0.29, 0.717) is 12.8 Å². The van der Waals surface area contributed by atoms with Crippen molar-refractivity contribution in [2.75, 3.05) is 17.7 Å². The zero-order valence-corrected chi connectivity index (χ0v) is 21.4. The molecule has 1 aliphatic heterocycles. The van der Waals surface area contributed by atoms with E-state index in [1.165, 1.54) is 36.2 Å². The maximum atomic E-state index is 15.2. The van der Waals surface area contributed by atoms with E-state index in [1.54, 1.807) is 7.05 Å². The zero-order chi connectivity index (χ0) is 28.6. The molecule has 5 rings (SSSR count). The van der Waals surface area contributed by atoms with Gasteiger partial charge in [-0.15, -0.1) is 0 Å². The molecular weight excluding hydrogens is 531 g/mol. The maximum absolute atomic E-state index is 15.2. The number of methoxy groups -OCH3 is 1. The number of benzene rings is 2. The average Bonchev–Trinajstić information content (AvgIpc) is 3.48. The number of nitrogens with zero attached hydrogens (tertiary/aromatic N) is 3. The normalized spacial score (nSPS) is 15.4. The summed E-state index contributed by atoms with van der Waals surface area (Å²) in [5.41, 5.74) is -0.299. The van der Waals surface area contributed by atoms with Gasteiger partial charge < -0.3 is 24.9 Å². The van der Waals surface area contributed by atoms with Crippen molar-refractivity contribution in [1.82, 2.24) is 24.8 Å². The summed E-state index contributed by atoms with van der Waals surface area (Å²) >= 11 is 0. The highest BCUT2D eigenvalue weighted by Crippen LogP contribution is 2.34. The second kappa shape index (κ2) is 10.7. The van der Waals surface area contributed by atoms with Gasteiger partial charge in [0.15, 0.2) is 5.82 Å². The molecule has 3 heterocycles. The topological polar surface area (TPSA) is 143 Å². The Morgan fingerprint density at radius 1 is 1.18 bits per heavy atom. The molecule has 1 aliphatic rings. The number of carbonyl (C=O) groups excluding carboxylic acids is 3. The smallest absolute Gasteiger partial charge is 0.411 e. The van der Waals surface area contributed by atoms with Crippen molar-refractivity contribution < 1.29 is 32.3 Å². The number of hydrogen-bond acceptors (Lipinski definition) is 6. The first-order valence-electron chi connectivity index (χ1n) is 12.3. The molecule has 4 aromatic rings. The monoisotopic (exact) mass is 555 g/mol. The van der Waals surface area contributed by atoms with Crippen molar-refractivity contribution in [3.05, 3.63) is 59.6 Å². The third-order valence-electron chi connectivity index (χ3n) is 6.58. The number of halogens is 3. The number of nitrogens with one attached hydrogen (secondary N) is 4. The van der Waals surface area contributed by atoms with Crippen LogP contribution in [0.3, 0.4) is 0 Å². The number of anilines is 2. The van der Waals surface area contributed by atoms with Crippen LogP contribution in [0.15, 0.2) is 30.6 Å². The van der Waals surface area contributed by atoms with E-state index in [9.17, 15) is 18.8 Å². The molecule has 0 fully saturated rings. The van der Waals surface area contributed by atoms with Crippen LogP contribution < -0.4 is 16.0 Å². The second-order valence-electron chi connectivity index (χ2n) is 9.25. The summed E-state index contributed by atoms with van der Waals surface area (Å²) in [7, 11) is 2.76. The van der Waals surface area contributed by atoms with Gasteiger partial charge in [-0.1, -0.05) is 6.42 Å². The molecule has 0 saturated carbocycles. The van der Waals surface area contributed by atoms with Crippen LogP contribution in [0.1, 0.15) is 47.9 Å². The lowest BCUT2D eigenvalue weighted by molar-refractivity contribution is -0.116. The molecule has 2 bridgehead atoms. The molecule has 0 radical (unpaired) electrons. The standard InChI is InChI=1S/C26H24F3N7O4/c1-36-11-30-22-17(36)10-14(27)19(20(22)28)25(38)33-15-5-3-4-6-18(37)32-16-9-12(31-26(39)40-2)7-8-13(16)21-23(29)35-24(15)34-21/h7-11,15H,3-6H2,1-2H3,(H,31,39)(H,32,37)(H,33,38)(H,34,35)/t15-/m0/s1. The van der Waals surface area contributed by atoms with Crippen molar-refractivity contribution in [2.45, 2.75) is 31.7 Å². The van der Waals surface area contributed by atoms with E-state index in [-0.39, 0.29) is 58.2 Å². The molecule has 0 saturated heterocycles. The van der Waals surface area contributed by atoms with Crippen LogP contribution in [0.25, 0.3) is 22.3 Å². The summed E-state index contributed by atoms with van der Waals surface area (Å²) in [6, 6.07) is 4.42. The number of imidazole rings is 2. The minimum Gasteiger partial charge on any atom is -0.453 e. The summed E-state index contributed by atoms with van der Waals surface area (Å²) in [5.74, 6) is -4.45. The third kappa shape index (κ3) is 5.07. The predicted octanol–water partition coefficient (Wildman–Crippen LogP) is 4.54. The second-order valence-corrected chi connectivity index (χ2v) is 9.25. The Kier molecular flexibility index (Phi) is 7.15. The molecular formula is C26H24F3N7O4. The minimum absolute atomic E-state index is 0.0233. The maximum Gasteiger partial charge on any atom is 0.411 e. The van der Waals surface area contributed by atoms with E-state index >= 15 is 8.78 Å². The molecule has 1 atom stereocenters. The van der Waals surface area contributed by atoms with Crippen LogP contribution in [0.4, 0.5) is 29.3 Å². The predicted molar refractivity (Wildman–Crippen MR) is 138 cm³/mol. The van der Waals surface area contributed by atoms with Gasteiger partial charge in [-0.25, -0.2) is 23.5 Å². The number of rotatable bonds is 3. The Bertz CT molecular complexity index is 1650. The average molecular weight is 556 g/mol. The fourth-order valence-corrected chi connectivity index (χ4v) is 4.57. The molecule has 3 amide bonds. The zero-order valence-electron chi connectivity index (χ0n) is 21.4. The molecule has 4 N–H and O–H groups in total. The number of H-pyrrole nitrogens is 1. The Hall–Kier alpha value is -4.88. The highest BCUT2D eigenvalue weighted by molar-refractivity contribution is 5.99. The first kappa shape index (κ1) is 26.7. The van der Waals surface area contributed by atoms with Crippen LogP contribution in [0, 0.1) is 17.6 Å². The molecule has 2 aromatic carbocycles. The van der Waals surface area contributed by atoms with Gasteiger partial charge in [0.1, 0.15) is 28.4 Å². The van der Waals surface area contributed by atoms with Crippen LogP contribution in [-0.4, -0.2) is 44.5 Å². The summed E-state index contributed by atoms with van der Waals surface area (Å²) in [4.78, 5) is 48.1. The van der Waals surface area contributed by atoms with Crippen molar-refractivity contribution in [2.24, 2.45) is 7.05 Å². The summed E-state index contributed by atoms with van der Waals surface area (Å²) < 4.78 is 51.2. The Morgan fingerprint density at radius 2 is 1.98 bits per heavy atom. The minimum atomic E-state index is -1.12. The third-order valence-corrected chi connectivity index (χ3v) is 6.58. The fraction of sp³-hybridized carbons (Fsp3) is 0.269. The number of ether oxygens (including phenoxy) is 1. The van der Waals surface area contributed by atoms with Gasteiger partial charge in [0.05, 0.1) is 30.7 Å². The van der Waals surface area contributed by atoms with Gasteiger partial charge in [-0.2, -0.15) is 4.39 Å². The number of hydrogen-bond donors (Lipinski definition) is 4. The Labute approximate surface area is 225 Å². The van der Waals surface area contributed by atoms with Crippen molar-refractivity contribution in [3.63, 3.8) is 0 Å². The SMILES string of the molecule is COC(=O)Nc1ccc2c(c1)NC(=O)CCCC[C@H](NC(=O)c1c(F)cc3c(ncn3C)c1F)c1nc-2c(F)[nH]1. The van der Waals surface area contributed by atoms with E-state index in [1.807, 2.05) is 0 Å². The van der Waals surface area contributed by atoms with Crippen LogP contribution >= 0.6 is 0 Å². The van der Waals surface area contributed by atoms with Crippen molar-refractivity contribution in [3.8, 4) is 11.3 Å². The first-order chi connectivity index (χ1) is 19.2. The largest absolute Gasteiger partial charge is 0.453 e. The van der Waals surface area contributed by atoms with Gasteiger partial charge in [0.2, 0.25) is 11.9 Å². The van der Waals surface area contributed by atoms with Crippen LogP contribution in [0.2, 0.25) is 0 Å². The molecule has 208 valence electrons. The molecule has 40 heavy (non-hydrogen) atoms. The Morgan fingerprint density at radius 3 is 2.75 bits per heavy atom. The number of aryl methyl sites for hydroxylation is 1. The Balaban J connectivity index is 1.51. The van der Waals surface area contributed by atoms with Gasteiger partial charge in [-0.3, -0.25) is 14.9 Å². The fourth-order valence-electron chi connectivity index (χ4n) is 4.57. The van der Waals surface area contributed by atoms with Crippen LogP contribution in [0.5, 0.6) is 0 Å². The highest BCUT2D eigenvalue weighted by atomic mass is 19.1. The van der Waals surface area contributed by atoms with Crippen molar-refractivity contribution >= 4 is 40.3 Å². The number of amides is 3. The number of aromatic nitrogens is 4. The lowest BCUT2D eigenvalue weighted by Gasteiger charge is -2.18. The summed E-state index contributed by atoms with van der Waals surface area (Å²) in [6.07, 6.45) is 1.67. The molecule has 2 aromatic heterocycles. The summed E-state index contributed by atoms with van der Waals surface area (Å²) in [6.45, 7) is 0. The van der Waals surface area contributed by atoms with E-state index < -0.39 is 41.2 Å². The summed E-state index contributed by atoms with van der Waals surface area (Å²) in [5, 5.41) is 7.75. The number of fused-ring (bicyclic) bond motifs is 5. The van der Waals surface area contributed by atoms with E-state index in [0.717, 1.165) is 6.07 Å². The highest BCUT2D eigenvalue weighted by Gasteiger charge is 2.28. The van der Waals surface area contributed by atoms with Gasteiger partial charge in [-0.05, 0) is 31.0 Å². The van der Waals surface area contributed by atoms with Gasteiger partial charge in [0.25, 0.3) is 5.91 Å². The molecule has 11 nitrogen and oxygen atoms in total. The lowest BCUT2D eigenvalue weighted by atomic mass is 10.0. The molecule has 14 heteroatoms. The molecule has 0 unspecified atom stereocenters. The quantitative estimate of drug-likeness (QED) is 0.292. The van der Waals surface area contributed by atoms with Gasteiger partial charge in [0, 0.05) is 30.8 Å². The van der Waals surface area contributed by atoms with Crippen molar-refractivity contribution in [1.29, 1.82) is 0 Å².